The number of hydrogen-bond acceptors (Lipinski definition) is 6. The first kappa shape index (κ1) is 17.0. The van der Waals surface area contributed by atoms with E-state index in [4.69, 9.17) is 15.0 Å². The Morgan fingerprint density at radius 3 is 2.74 bits per heavy atom. The minimum atomic E-state index is -0.571. The van der Waals surface area contributed by atoms with Crippen molar-refractivity contribution in [3.63, 3.8) is 0 Å². The van der Waals surface area contributed by atoms with Crippen LogP contribution in [0.25, 0.3) is 11.4 Å². The predicted molar refractivity (Wildman–Crippen MR) is 85.7 cm³/mol. The number of nitrogens with one attached hydrogen (secondary N) is 1. The first-order valence-electron chi connectivity index (χ1n) is 7.46. The molecule has 124 valence electrons. The Morgan fingerprint density at radius 1 is 1.35 bits per heavy atom. The molecular weight excluding hydrogens is 296 g/mol. The van der Waals surface area contributed by atoms with Crippen molar-refractivity contribution < 1.29 is 14.1 Å². The van der Waals surface area contributed by atoms with Gasteiger partial charge in [0, 0.05) is 5.56 Å². The molecule has 23 heavy (non-hydrogen) atoms. The van der Waals surface area contributed by atoms with Crippen molar-refractivity contribution in [3.8, 4) is 17.1 Å². The molecule has 1 aromatic carbocycles. The number of benzene rings is 1. The van der Waals surface area contributed by atoms with Gasteiger partial charge in [-0.2, -0.15) is 4.98 Å². The standard InChI is InChI=1S/C16H22N4O3/c1-9(2)13(17)15(21)18-10(3)16-19-14(20-23-16)11-6-5-7-12(8-11)22-4/h5-10,13H,17H2,1-4H3,(H,18,21)/t10?,13-/m0/s1. The topological polar surface area (TPSA) is 103 Å². The van der Waals surface area contributed by atoms with E-state index in [0.717, 1.165) is 5.56 Å². The molecule has 7 heteroatoms. The fraction of sp³-hybridized carbons (Fsp3) is 0.438. The molecule has 7 nitrogen and oxygen atoms in total. The molecule has 0 saturated carbocycles. The number of hydrogen-bond donors (Lipinski definition) is 2. The Bertz CT molecular complexity index is 669. The van der Waals surface area contributed by atoms with Gasteiger partial charge in [0.25, 0.3) is 0 Å². The van der Waals surface area contributed by atoms with Crippen LogP contribution >= 0.6 is 0 Å². The van der Waals surface area contributed by atoms with E-state index in [1.165, 1.54) is 0 Å². The van der Waals surface area contributed by atoms with E-state index in [9.17, 15) is 4.79 Å². The van der Waals surface area contributed by atoms with E-state index in [2.05, 4.69) is 15.5 Å². The molecule has 0 radical (unpaired) electrons. The zero-order chi connectivity index (χ0) is 17.0. The van der Waals surface area contributed by atoms with E-state index in [0.29, 0.717) is 17.5 Å². The Labute approximate surface area is 135 Å². The van der Waals surface area contributed by atoms with Gasteiger partial charge in [0.15, 0.2) is 0 Å². The number of amides is 1. The molecule has 3 N–H and O–H groups in total. The smallest absolute Gasteiger partial charge is 0.249 e. The van der Waals surface area contributed by atoms with Crippen LogP contribution in [0.1, 0.15) is 32.7 Å². The second kappa shape index (κ2) is 7.23. The zero-order valence-electron chi connectivity index (χ0n) is 13.7. The maximum absolute atomic E-state index is 12.0. The van der Waals surface area contributed by atoms with E-state index < -0.39 is 12.1 Å². The monoisotopic (exact) mass is 318 g/mol. The Balaban J connectivity index is 2.10. The summed E-state index contributed by atoms with van der Waals surface area (Å²) in [5.41, 5.74) is 6.60. The molecule has 1 heterocycles. The second-order valence-corrected chi connectivity index (χ2v) is 5.69. The van der Waals surface area contributed by atoms with Crippen molar-refractivity contribution in [3.05, 3.63) is 30.2 Å². The molecule has 2 rings (SSSR count). The summed E-state index contributed by atoms with van der Waals surface area (Å²) < 4.78 is 10.4. The summed E-state index contributed by atoms with van der Waals surface area (Å²) in [6, 6.07) is 6.36. The maximum atomic E-state index is 12.0. The van der Waals surface area contributed by atoms with Gasteiger partial charge in [-0.05, 0) is 25.0 Å². The summed E-state index contributed by atoms with van der Waals surface area (Å²) in [6.07, 6.45) is 0. The number of nitrogens with zero attached hydrogens (tertiary/aromatic N) is 2. The molecule has 0 bridgehead atoms. The predicted octanol–water partition coefficient (Wildman–Crippen LogP) is 1.91. The van der Waals surface area contributed by atoms with Crippen LogP contribution in [-0.2, 0) is 4.79 Å². The molecular formula is C16H22N4O3. The van der Waals surface area contributed by atoms with Crippen LogP contribution < -0.4 is 15.8 Å². The van der Waals surface area contributed by atoms with E-state index in [1.807, 2.05) is 38.1 Å². The molecule has 0 aliphatic rings. The molecule has 0 saturated heterocycles. The lowest BCUT2D eigenvalue weighted by molar-refractivity contribution is -0.124. The van der Waals surface area contributed by atoms with Crippen LogP contribution in [0.5, 0.6) is 5.75 Å². The van der Waals surface area contributed by atoms with Crippen LogP contribution in [0.4, 0.5) is 0 Å². The van der Waals surface area contributed by atoms with Crippen LogP contribution in [0, 0.1) is 5.92 Å². The van der Waals surface area contributed by atoms with E-state index in [1.54, 1.807) is 14.0 Å². The fourth-order valence-electron chi connectivity index (χ4n) is 1.96. The normalized spacial score (nSPS) is 13.7. The van der Waals surface area contributed by atoms with Gasteiger partial charge < -0.3 is 20.3 Å². The molecule has 0 aliphatic carbocycles. The quantitative estimate of drug-likeness (QED) is 0.843. The summed E-state index contributed by atoms with van der Waals surface area (Å²) >= 11 is 0. The highest BCUT2D eigenvalue weighted by atomic mass is 16.5. The van der Waals surface area contributed by atoms with Gasteiger partial charge in [0.1, 0.15) is 11.8 Å². The van der Waals surface area contributed by atoms with Gasteiger partial charge >= 0.3 is 0 Å². The van der Waals surface area contributed by atoms with Crippen molar-refractivity contribution in [2.45, 2.75) is 32.9 Å². The molecule has 2 aromatic rings. The fourth-order valence-corrected chi connectivity index (χ4v) is 1.96. The highest BCUT2D eigenvalue weighted by Crippen LogP contribution is 2.22. The molecule has 0 fully saturated rings. The summed E-state index contributed by atoms with van der Waals surface area (Å²) in [4.78, 5) is 16.3. The summed E-state index contributed by atoms with van der Waals surface area (Å²) in [5.74, 6) is 1.28. The van der Waals surface area contributed by atoms with Crippen molar-refractivity contribution in [1.29, 1.82) is 0 Å². The lowest BCUT2D eigenvalue weighted by atomic mass is 10.0. The number of carbonyl (C=O) groups excluding carboxylic acids is 1. The molecule has 1 unspecified atom stereocenters. The highest BCUT2D eigenvalue weighted by molar-refractivity contribution is 5.82. The average molecular weight is 318 g/mol. The van der Waals surface area contributed by atoms with E-state index >= 15 is 0 Å². The SMILES string of the molecule is COc1cccc(-c2noc(C(C)NC(=O)[C@@H](N)C(C)C)n2)c1. The minimum absolute atomic E-state index is 0.0530. The van der Waals surface area contributed by atoms with Crippen LogP contribution in [0.15, 0.2) is 28.8 Å². The van der Waals surface area contributed by atoms with Crippen LogP contribution in [-0.4, -0.2) is 29.2 Å². The second-order valence-electron chi connectivity index (χ2n) is 5.69. The number of aromatic nitrogens is 2. The Hall–Kier alpha value is -2.41. The molecule has 0 aliphatic heterocycles. The van der Waals surface area contributed by atoms with E-state index in [-0.39, 0.29) is 11.8 Å². The number of rotatable bonds is 6. The van der Waals surface area contributed by atoms with Crippen LogP contribution in [0.2, 0.25) is 0 Å². The third-order valence-corrected chi connectivity index (χ3v) is 3.52. The summed E-state index contributed by atoms with van der Waals surface area (Å²) in [5, 5.41) is 6.73. The number of nitrogens with two attached hydrogens (primary N) is 1. The Kier molecular flexibility index (Phi) is 5.33. The van der Waals surface area contributed by atoms with Gasteiger partial charge in [-0.3, -0.25) is 4.79 Å². The number of carbonyl (C=O) groups is 1. The minimum Gasteiger partial charge on any atom is -0.497 e. The van der Waals surface area contributed by atoms with Gasteiger partial charge in [0.2, 0.25) is 17.6 Å². The molecule has 2 atom stereocenters. The molecule has 0 spiro atoms. The third kappa shape index (κ3) is 4.07. The first-order chi connectivity index (χ1) is 10.9. The van der Waals surface area contributed by atoms with Crippen molar-refractivity contribution >= 4 is 5.91 Å². The zero-order valence-corrected chi connectivity index (χ0v) is 13.7. The molecule has 1 aromatic heterocycles. The van der Waals surface area contributed by atoms with Gasteiger partial charge in [-0.1, -0.05) is 31.1 Å². The third-order valence-electron chi connectivity index (χ3n) is 3.52. The van der Waals surface area contributed by atoms with Crippen molar-refractivity contribution in [2.75, 3.05) is 7.11 Å². The number of methoxy groups -OCH3 is 1. The van der Waals surface area contributed by atoms with Crippen LogP contribution in [0.3, 0.4) is 0 Å². The van der Waals surface area contributed by atoms with Gasteiger partial charge in [-0.25, -0.2) is 0 Å². The lowest BCUT2D eigenvalue weighted by Crippen LogP contribution is -2.44. The van der Waals surface area contributed by atoms with Crippen molar-refractivity contribution in [2.24, 2.45) is 11.7 Å². The van der Waals surface area contributed by atoms with Gasteiger partial charge in [0.05, 0.1) is 13.2 Å². The first-order valence-corrected chi connectivity index (χ1v) is 7.46. The summed E-state index contributed by atoms with van der Waals surface area (Å²) in [6.45, 7) is 5.55. The number of ether oxygens (including phenoxy) is 1. The van der Waals surface area contributed by atoms with Gasteiger partial charge in [-0.15, -0.1) is 0 Å². The lowest BCUT2D eigenvalue weighted by Gasteiger charge is -2.17. The Morgan fingerprint density at radius 2 is 2.09 bits per heavy atom. The van der Waals surface area contributed by atoms with Crippen molar-refractivity contribution in [1.82, 2.24) is 15.5 Å². The summed E-state index contributed by atoms with van der Waals surface area (Å²) in [7, 11) is 1.59. The molecule has 1 amide bonds. The average Bonchev–Trinajstić information content (AvgIpc) is 3.04. The highest BCUT2D eigenvalue weighted by Gasteiger charge is 2.22. The largest absolute Gasteiger partial charge is 0.497 e. The maximum Gasteiger partial charge on any atom is 0.249 e.